The molecule has 1 heterocycles. The Morgan fingerprint density at radius 2 is 2.11 bits per heavy atom. The summed E-state index contributed by atoms with van der Waals surface area (Å²) in [6.45, 7) is 3.97. The van der Waals surface area contributed by atoms with Crippen LogP contribution in [-0.2, 0) is 4.79 Å². The van der Waals surface area contributed by atoms with Gasteiger partial charge in [0.1, 0.15) is 0 Å². The first kappa shape index (κ1) is 14.5. The summed E-state index contributed by atoms with van der Waals surface area (Å²) in [5, 5.41) is 5.26. The van der Waals surface area contributed by atoms with E-state index in [1.54, 1.807) is 11.3 Å². The lowest BCUT2D eigenvalue weighted by atomic mass is 9.95. The molecule has 1 aliphatic rings. The van der Waals surface area contributed by atoms with E-state index >= 15 is 0 Å². The second-order valence-corrected chi connectivity index (χ2v) is 6.80. The molecule has 0 radical (unpaired) electrons. The van der Waals surface area contributed by atoms with Crippen molar-refractivity contribution >= 4 is 17.2 Å². The van der Waals surface area contributed by atoms with Gasteiger partial charge in [0, 0.05) is 4.88 Å². The van der Waals surface area contributed by atoms with E-state index in [0.717, 1.165) is 0 Å². The molecule has 106 valence electrons. The first-order valence-electron chi connectivity index (χ1n) is 7.19. The molecule has 1 aliphatic carbocycles. The third kappa shape index (κ3) is 3.57. The van der Waals surface area contributed by atoms with E-state index < -0.39 is 6.04 Å². The fourth-order valence-corrected chi connectivity index (χ4v) is 3.60. The molecule has 1 aromatic heterocycles. The van der Waals surface area contributed by atoms with Gasteiger partial charge in [0.2, 0.25) is 5.91 Å². The Kier molecular flexibility index (Phi) is 4.99. The van der Waals surface area contributed by atoms with Crippen LogP contribution in [0.4, 0.5) is 0 Å². The highest BCUT2D eigenvalue weighted by Crippen LogP contribution is 2.37. The van der Waals surface area contributed by atoms with Gasteiger partial charge in [-0.25, -0.2) is 0 Å². The molecule has 3 N–H and O–H groups in total. The Balaban J connectivity index is 2.08. The molecule has 2 atom stereocenters. The predicted molar refractivity (Wildman–Crippen MR) is 80.0 cm³/mol. The monoisotopic (exact) mass is 280 g/mol. The van der Waals surface area contributed by atoms with Crippen molar-refractivity contribution in [1.29, 1.82) is 0 Å². The lowest BCUT2D eigenvalue weighted by Crippen LogP contribution is -2.46. The van der Waals surface area contributed by atoms with Gasteiger partial charge in [-0.3, -0.25) is 4.79 Å². The Morgan fingerprint density at radius 3 is 2.63 bits per heavy atom. The highest BCUT2D eigenvalue weighted by Gasteiger charge is 2.30. The van der Waals surface area contributed by atoms with Crippen LogP contribution in [0.15, 0.2) is 17.5 Å². The lowest BCUT2D eigenvalue weighted by molar-refractivity contribution is -0.124. The van der Waals surface area contributed by atoms with Crippen molar-refractivity contribution in [1.82, 2.24) is 5.32 Å². The quantitative estimate of drug-likeness (QED) is 0.871. The minimum absolute atomic E-state index is 0.0136. The average Bonchev–Trinajstić information content (AvgIpc) is 3.07. The maximum atomic E-state index is 12.2. The number of carbonyl (C=O) groups excluding carboxylic acids is 1. The number of hydrogen-bond donors (Lipinski definition) is 2. The first-order chi connectivity index (χ1) is 9.09. The molecular weight excluding hydrogens is 256 g/mol. The topological polar surface area (TPSA) is 55.1 Å². The largest absolute Gasteiger partial charge is 0.347 e. The van der Waals surface area contributed by atoms with Gasteiger partial charge < -0.3 is 11.1 Å². The van der Waals surface area contributed by atoms with Crippen LogP contribution in [0.1, 0.15) is 50.4 Å². The Bertz CT molecular complexity index is 396. The highest BCUT2D eigenvalue weighted by atomic mass is 32.1. The molecule has 0 spiro atoms. The summed E-state index contributed by atoms with van der Waals surface area (Å²) in [6.07, 6.45) is 4.97. The van der Waals surface area contributed by atoms with E-state index in [2.05, 4.69) is 22.8 Å². The van der Waals surface area contributed by atoms with Gasteiger partial charge in [0.15, 0.2) is 0 Å². The van der Waals surface area contributed by atoms with E-state index in [0.29, 0.717) is 5.92 Å². The molecule has 0 aliphatic heterocycles. The van der Waals surface area contributed by atoms with Crippen LogP contribution in [0.3, 0.4) is 0 Å². The summed E-state index contributed by atoms with van der Waals surface area (Å²) in [6, 6.07) is 3.91. The number of nitrogens with two attached hydrogens (primary N) is 1. The van der Waals surface area contributed by atoms with Crippen LogP contribution in [0.25, 0.3) is 0 Å². The maximum absolute atomic E-state index is 12.2. The molecule has 1 amide bonds. The van der Waals surface area contributed by atoms with Crippen molar-refractivity contribution in [2.24, 2.45) is 17.6 Å². The number of amides is 1. The van der Waals surface area contributed by atoms with Crippen LogP contribution in [0, 0.1) is 11.8 Å². The third-order valence-corrected chi connectivity index (χ3v) is 5.00. The second kappa shape index (κ2) is 6.53. The molecule has 19 heavy (non-hydrogen) atoms. The standard InChI is InChI=1S/C15H24N2OS/c1-10(2)13(16)15(18)17-14(11-6-3-4-7-11)12-8-5-9-19-12/h5,8-11,13-14H,3-4,6-7,16H2,1-2H3,(H,17,18). The molecule has 1 aromatic rings. The molecule has 2 rings (SSSR count). The molecular formula is C15H24N2OS. The van der Waals surface area contributed by atoms with E-state index in [-0.39, 0.29) is 17.9 Å². The average molecular weight is 280 g/mol. The molecule has 2 unspecified atom stereocenters. The van der Waals surface area contributed by atoms with Crippen molar-refractivity contribution in [2.75, 3.05) is 0 Å². The minimum atomic E-state index is -0.413. The normalized spacial score (nSPS) is 19.6. The molecule has 0 bridgehead atoms. The van der Waals surface area contributed by atoms with E-state index in [1.807, 2.05) is 13.8 Å². The molecule has 0 saturated heterocycles. The van der Waals surface area contributed by atoms with Gasteiger partial charge in [0.25, 0.3) is 0 Å². The zero-order valence-electron chi connectivity index (χ0n) is 11.8. The van der Waals surface area contributed by atoms with Crippen molar-refractivity contribution in [3.8, 4) is 0 Å². The number of rotatable bonds is 5. The maximum Gasteiger partial charge on any atom is 0.237 e. The van der Waals surface area contributed by atoms with Gasteiger partial charge in [-0.2, -0.15) is 0 Å². The number of thiophene rings is 1. The predicted octanol–water partition coefficient (Wildman–Crippen LogP) is 3.08. The summed E-state index contributed by atoms with van der Waals surface area (Å²) in [5.74, 6) is 0.731. The molecule has 3 nitrogen and oxygen atoms in total. The van der Waals surface area contributed by atoms with Crippen molar-refractivity contribution in [2.45, 2.75) is 51.6 Å². The number of hydrogen-bond acceptors (Lipinski definition) is 3. The second-order valence-electron chi connectivity index (χ2n) is 5.82. The van der Waals surface area contributed by atoms with Crippen LogP contribution in [0.2, 0.25) is 0 Å². The van der Waals surface area contributed by atoms with Crippen molar-refractivity contribution in [3.63, 3.8) is 0 Å². The SMILES string of the molecule is CC(C)C(N)C(=O)NC(c1cccs1)C1CCCC1. The Hall–Kier alpha value is -0.870. The van der Waals surface area contributed by atoms with Crippen LogP contribution in [-0.4, -0.2) is 11.9 Å². The summed E-state index contributed by atoms with van der Waals surface area (Å²) in [4.78, 5) is 13.5. The molecule has 1 saturated carbocycles. The summed E-state index contributed by atoms with van der Waals surface area (Å²) in [7, 11) is 0. The number of carbonyl (C=O) groups is 1. The van der Waals surface area contributed by atoms with E-state index in [1.165, 1.54) is 30.6 Å². The van der Waals surface area contributed by atoms with Gasteiger partial charge in [-0.15, -0.1) is 11.3 Å². The Morgan fingerprint density at radius 1 is 1.42 bits per heavy atom. The highest BCUT2D eigenvalue weighted by molar-refractivity contribution is 7.10. The lowest BCUT2D eigenvalue weighted by Gasteiger charge is -2.26. The van der Waals surface area contributed by atoms with Gasteiger partial charge >= 0.3 is 0 Å². The van der Waals surface area contributed by atoms with Crippen LogP contribution >= 0.6 is 11.3 Å². The van der Waals surface area contributed by atoms with Crippen LogP contribution < -0.4 is 11.1 Å². The van der Waals surface area contributed by atoms with Crippen LogP contribution in [0.5, 0.6) is 0 Å². The third-order valence-electron chi connectivity index (χ3n) is 4.04. The molecule has 1 fully saturated rings. The van der Waals surface area contributed by atoms with Crippen molar-refractivity contribution < 1.29 is 4.79 Å². The van der Waals surface area contributed by atoms with Crippen molar-refractivity contribution in [3.05, 3.63) is 22.4 Å². The zero-order chi connectivity index (χ0) is 13.8. The zero-order valence-corrected chi connectivity index (χ0v) is 12.6. The number of nitrogens with one attached hydrogen (secondary N) is 1. The van der Waals surface area contributed by atoms with Gasteiger partial charge in [-0.1, -0.05) is 32.8 Å². The molecule has 0 aromatic carbocycles. The summed E-state index contributed by atoms with van der Waals surface area (Å²) >= 11 is 1.72. The van der Waals surface area contributed by atoms with Gasteiger partial charge in [-0.05, 0) is 36.1 Å². The summed E-state index contributed by atoms with van der Waals surface area (Å²) < 4.78 is 0. The fourth-order valence-electron chi connectivity index (χ4n) is 2.73. The molecule has 4 heteroatoms. The first-order valence-corrected chi connectivity index (χ1v) is 8.07. The van der Waals surface area contributed by atoms with E-state index in [9.17, 15) is 4.79 Å². The Labute approximate surface area is 119 Å². The fraction of sp³-hybridized carbons (Fsp3) is 0.667. The minimum Gasteiger partial charge on any atom is -0.347 e. The van der Waals surface area contributed by atoms with E-state index in [4.69, 9.17) is 5.73 Å². The summed E-state index contributed by atoms with van der Waals surface area (Å²) in [5.41, 5.74) is 5.95. The smallest absolute Gasteiger partial charge is 0.237 e. The van der Waals surface area contributed by atoms with Gasteiger partial charge in [0.05, 0.1) is 12.1 Å².